The molecule has 0 unspecified atom stereocenters. The van der Waals surface area contributed by atoms with Crippen molar-refractivity contribution in [2.75, 3.05) is 24.5 Å². The minimum atomic E-state index is -0.436. The predicted octanol–water partition coefficient (Wildman–Crippen LogP) is 4.13. The quantitative estimate of drug-likeness (QED) is 0.803. The number of pyridine rings is 1. The van der Waals surface area contributed by atoms with Crippen molar-refractivity contribution in [2.45, 2.75) is 90.4 Å². The van der Waals surface area contributed by atoms with Crippen LogP contribution >= 0.6 is 0 Å². The molecule has 0 aromatic carbocycles. The number of nitrogens with one attached hydrogen (secondary N) is 1. The van der Waals surface area contributed by atoms with Crippen molar-refractivity contribution < 1.29 is 9.53 Å². The predicted molar refractivity (Wildman–Crippen MR) is 117 cm³/mol. The molecule has 3 heterocycles. The molecule has 6 nitrogen and oxygen atoms in total. The molecule has 2 aliphatic heterocycles. The smallest absolute Gasteiger partial charge is 0.410 e. The van der Waals surface area contributed by atoms with Crippen LogP contribution in [0.25, 0.3) is 0 Å². The molecule has 2 saturated heterocycles. The fourth-order valence-electron chi connectivity index (χ4n) is 4.50. The summed E-state index contributed by atoms with van der Waals surface area (Å²) in [6, 6.07) is 7.43. The van der Waals surface area contributed by atoms with Crippen LogP contribution in [0.4, 0.5) is 10.6 Å². The molecule has 3 rings (SSSR count). The van der Waals surface area contributed by atoms with Gasteiger partial charge in [-0.05, 0) is 78.9 Å². The van der Waals surface area contributed by atoms with E-state index in [1.165, 1.54) is 0 Å². The molecule has 0 aliphatic carbocycles. The molecule has 0 radical (unpaired) electrons. The summed E-state index contributed by atoms with van der Waals surface area (Å²) >= 11 is 0. The van der Waals surface area contributed by atoms with Gasteiger partial charge >= 0.3 is 6.09 Å². The summed E-state index contributed by atoms with van der Waals surface area (Å²) in [7, 11) is 0. The Morgan fingerprint density at radius 2 is 1.97 bits per heavy atom. The highest BCUT2D eigenvalue weighted by atomic mass is 16.6. The van der Waals surface area contributed by atoms with Crippen molar-refractivity contribution in [3.05, 3.63) is 23.9 Å². The molecule has 1 aromatic heterocycles. The molecule has 1 aromatic rings. The van der Waals surface area contributed by atoms with E-state index in [0.717, 1.165) is 63.3 Å². The summed E-state index contributed by atoms with van der Waals surface area (Å²) in [4.78, 5) is 21.5. The molecular formula is C23H38N4O2. The van der Waals surface area contributed by atoms with Gasteiger partial charge in [0.15, 0.2) is 0 Å². The van der Waals surface area contributed by atoms with Gasteiger partial charge < -0.3 is 19.9 Å². The molecular weight excluding hydrogens is 364 g/mol. The lowest BCUT2D eigenvalue weighted by Gasteiger charge is -2.36. The lowest BCUT2D eigenvalue weighted by atomic mass is 10.0. The molecule has 0 saturated carbocycles. The number of amides is 1. The highest BCUT2D eigenvalue weighted by Gasteiger charge is 2.33. The Hall–Kier alpha value is -1.82. The van der Waals surface area contributed by atoms with Crippen molar-refractivity contribution in [1.29, 1.82) is 0 Å². The van der Waals surface area contributed by atoms with Crippen LogP contribution in [-0.4, -0.2) is 59.3 Å². The van der Waals surface area contributed by atoms with Gasteiger partial charge in [-0.3, -0.25) is 0 Å². The van der Waals surface area contributed by atoms with Crippen LogP contribution in [0.3, 0.4) is 0 Å². The summed E-state index contributed by atoms with van der Waals surface area (Å²) < 4.78 is 5.60. The van der Waals surface area contributed by atoms with Crippen LogP contribution in [0.5, 0.6) is 0 Å². The number of aromatic nitrogens is 1. The average molecular weight is 403 g/mol. The number of rotatable bonds is 5. The largest absolute Gasteiger partial charge is 0.444 e. The zero-order valence-electron chi connectivity index (χ0n) is 18.8. The minimum absolute atomic E-state index is 0.161. The van der Waals surface area contributed by atoms with E-state index < -0.39 is 5.60 Å². The zero-order chi connectivity index (χ0) is 21.0. The van der Waals surface area contributed by atoms with E-state index in [1.807, 2.05) is 38.7 Å². The maximum Gasteiger partial charge on any atom is 0.410 e. The standard InChI is InChI=1S/C23H38N4O2/c1-17-8-6-10-21(25-17)26-14-11-19(12-15-26)24-18(2)16-20-9-7-13-27(20)22(28)29-23(3,4)5/h6,8,10,18-20,24H,7,9,11-16H2,1-5H3/t18-,20+/m1/s1. The number of hydrogen-bond donors (Lipinski definition) is 1. The fourth-order valence-corrected chi connectivity index (χ4v) is 4.50. The van der Waals surface area contributed by atoms with Crippen molar-refractivity contribution >= 4 is 11.9 Å². The Balaban J connectivity index is 1.45. The van der Waals surface area contributed by atoms with E-state index >= 15 is 0 Å². The first-order valence-corrected chi connectivity index (χ1v) is 11.2. The summed E-state index contributed by atoms with van der Waals surface area (Å²) in [6.07, 6.45) is 5.21. The normalized spacial score (nSPS) is 22.0. The second-order valence-corrected chi connectivity index (χ2v) is 9.67. The molecule has 162 valence electrons. The van der Waals surface area contributed by atoms with Crippen LogP contribution in [0, 0.1) is 6.92 Å². The van der Waals surface area contributed by atoms with Crippen molar-refractivity contribution in [3.8, 4) is 0 Å². The number of ether oxygens (including phenoxy) is 1. The Morgan fingerprint density at radius 3 is 2.62 bits per heavy atom. The Kier molecular flexibility index (Phi) is 7.04. The first kappa shape index (κ1) is 21.9. The van der Waals surface area contributed by atoms with E-state index in [0.29, 0.717) is 12.1 Å². The Morgan fingerprint density at radius 1 is 1.24 bits per heavy atom. The highest BCUT2D eigenvalue weighted by Crippen LogP contribution is 2.25. The van der Waals surface area contributed by atoms with Gasteiger partial charge in [0.1, 0.15) is 11.4 Å². The highest BCUT2D eigenvalue weighted by molar-refractivity contribution is 5.68. The van der Waals surface area contributed by atoms with Crippen molar-refractivity contribution in [2.24, 2.45) is 0 Å². The van der Waals surface area contributed by atoms with Crippen LogP contribution in [0.15, 0.2) is 18.2 Å². The number of piperidine rings is 1. The molecule has 2 atom stereocenters. The van der Waals surface area contributed by atoms with Gasteiger partial charge in [0, 0.05) is 43.5 Å². The third kappa shape index (κ3) is 6.33. The van der Waals surface area contributed by atoms with Gasteiger partial charge in [0.25, 0.3) is 0 Å². The number of nitrogens with zero attached hydrogens (tertiary/aromatic N) is 3. The van der Waals surface area contributed by atoms with E-state index in [-0.39, 0.29) is 12.1 Å². The number of aryl methyl sites for hydroxylation is 1. The molecule has 2 aliphatic rings. The van der Waals surface area contributed by atoms with Gasteiger partial charge in [-0.1, -0.05) is 6.07 Å². The van der Waals surface area contributed by atoms with E-state index in [9.17, 15) is 4.79 Å². The SMILES string of the molecule is Cc1cccc(N2CCC(N[C@H](C)C[C@@H]3CCCN3C(=O)OC(C)(C)C)CC2)n1. The summed E-state index contributed by atoms with van der Waals surface area (Å²) in [5.41, 5.74) is 0.635. The molecule has 1 amide bonds. The van der Waals surface area contributed by atoms with Crippen molar-refractivity contribution in [3.63, 3.8) is 0 Å². The van der Waals surface area contributed by atoms with E-state index in [2.05, 4.69) is 34.3 Å². The molecule has 0 bridgehead atoms. The maximum absolute atomic E-state index is 12.5. The van der Waals surface area contributed by atoms with Crippen LogP contribution < -0.4 is 10.2 Å². The van der Waals surface area contributed by atoms with Gasteiger partial charge in [0.05, 0.1) is 0 Å². The average Bonchev–Trinajstić information content (AvgIpc) is 3.09. The number of anilines is 1. The monoisotopic (exact) mass is 402 g/mol. The maximum atomic E-state index is 12.5. The third-order valence-electron chi connectivity index (χ3n) is 5.84. The zero-order valence-corrected chi connectivity index (χ0v) is 18.8. The van der Waals surface area contributed by atoms with Crippen LogP contribution in [-0.2, 0) is 4.74 Å². The van der Waals surface area contributed by atoms with Gasteiger partial charge in [-0.2, -0.15) is 0 Å². The van der Waals surface area contributed by atoms with Crippen molar-refractivity contribution in [1.82, 2.24) is 15.2 Å². The van der Waals surface area contributed by atoms with E-state index in [4.69, 9.17) is 4.74 Å². The molecule has 6 heteroatoms. The molecule has 29 heavy (non-hydrogen) atoms. The lowest BCUT2D eigenvalue weighted by molar-refractivity contribution is 0.0213. The number of likely N-dealkylation sites (tertiary alicyclic amines) is 1. The van der Waals surface area contributed by atoms with Crippen LogP contribution in [0.1, 0.15) is 65.5 Å². The molecule has 2 fully saturated rings. The second-order valence-electron chi connectivity index (χ2n) is 9.67. The summed E-state index contributed by atoms with van der Waals surface area (Å²) in [5.74, 6) is 1.09. The number of carbonyl (C=O) groups excluding carboxylic acids is 1. The number of carbonyl (C=O) groups is 1. The first-order chi connectivity index (χ1) is 13.7. The van der Waals surface area contributed by atoms with Gasteiger partial charge in [-0.25, -0.2) is 9.78 Å². The second kappa shape index (κ2) is 9.33. The molecule has 0 spiro atoms. The summed E-state index contributed by atoms with van der Waals surface area (Å²) in [6.45, 7) is 13.0. The van der Waals surface area contributed by atoms with E-state index in [1.54, 1.807) is 0 Å². The van der Waals surface area contributed by atoms with Gasteiger partial charge in [0.2, 0.25) is 0 Å². The topological polar surface area (TPSA) is 57.7 Å². The Bertz CT molecular complexity index is 680. The lowest BCUT2D eigenvalue weighted by Crippen LogP contribution is -2.48. The third-order valence-corrected chi connectivity index (χ3v) is 5.84. The first-order valence-electron chi connectivity index (χ1n) is 11.2. The van der Waals surface area contributed by atoms with Crippen LogP contribution in [0.2, 0.25) is 0 Å². The summed E-state index contributed by atoms with van der Waals surface area (Å²) in [5, 5.41) is 3.81. The molecule has 1 N–H and O–H groups in total. The number of hydrogen-bond acceptors (Lipinski definition) is 5. The fraction of sp³-hybridized carbons (Fsp3) is 0.739. The Labute approximate surface area is 176 Å². The van der Waals surface area contributed by atoms with Gasteiger partial charge in [-0.15, -0.1) is 0 Å². The minimum Gasteiger partial charge on any atom is -0.444 e.